The fourth-order valence-electron chi connectivity index (χ4n) is 1.41. The molecule has 0 aliphatic rings. The highest BCUT2D eigenvalue weighted by atomic mass is 35.5. The van der Waals surface area contributed by atoms with Crippen molar-refractivity contribution in [2.75, 3.05) is 6.54 Å². The van der Waals surface area contributed by atoms with Crippen molar-refractivity contribution in [2.45, 2.75) is 32.9 Å². The minimum absolute atomic E-state index is 0.165. The van der Waals surface area contributed by atoms with Gasteiger partial charge in [0.15, 0.2) is 0 Å². The van der Waals surface area contributed by atoms with Crippen LogP contribution in [0.1, 0.15) is 26.0 Å². The van der Waals surface area contributed by atoms with Crippen molar-refractivity contribution in [3.63, 3.8) is 0 Å². The Bertz CT molecular complexity index is 397. The number of aromatic nitrogens is 1. The molecule has 106 valence electrons. The first kappa shape index (κ1) is 15.7. The summed E-state index contributed by atoms with van der Waals surface area (Å²) < 4.78 is 0. The first-order chi connectivity index (χ1) is 9.02. The quantitative estimate of drug-likeness (QED) is 0.748. The largest absolute Gasteiger partial charge is 0.391 e. The Balaban J connectivity index is 2.26. The SMILES string of the molecule is CCC(C)C(O)CNC(=O)NCc1ccc(Cl)cn1. The Morgan fingerprint density at radius 1 is 1.47 bits per heavy atom. The molecule has 2 unspecified atom stereocenters. The normalized spacial score (nSPS) is 13.7. The Labute approximate surface area is 118 Å². The van der Waals surface area contributed by atoms with Crippen LogP contribution in [0.5, 0.6) is 0 Å². The summed E-state index contributed by atoms with van der Waals surface area (Å²) in [5, 5.41) is 15.6. The number of aliphatic hydroxyl groups excluding tert-OH is 1. The maximum absolute atomic E-state index is 11.5. The Kier molecular flexibility index (Phi) is 6.59. The predicted molar refractivity (Wildman–Crippen MR) is 74.9 cm³/mol. The number of urea groups is 1. The van der Waals surface area contributed by atoms with Gasteiger partial charge < -0.3 is 15.7 Å². The third-order valence-electron chi connectivity index (χ3n) is 2.99. The van der Waals surface area contributed by atoms with Gasteiger partial charge in [-0.3, -0.25) is 4.98 Å². The van der Waals surface area contributed by atoms with E-state index in [-0.39, 0.29) is 18.5 Å². The van der Waals surface area contributed by atoms with E-state index in [1.807, 2.05) is 13.8 Å². The lowest BCUT2D eigenvalue weighted by molar-refractivity contribution is 0.114. The first-order valence-corrected chi connectivity index (χ1v) is 6.71. The smallest absolute Gasteiger partial charge is 0.315 e. The molecule has 0 fully saturated rings. The van der Waals surface area contributed by atoms with Crippen LogP contribution in [0.25, 0.3) is 0 Å². The van der Waals surface area contributed by atoms with E-state index in [2.05, 4.69) is 15.6 Å². The number of carbonyl (C=O) groups is 1. The summed E-state index contributed by atoms with van der Waals surface area (Å²) in [6.45, 7) is 4.51. The second kappa shape index (κ2) is 7.96. The van der Waals surface area contributed by atoms with Gasteiger partial charge in [-0.25, -0.2) is 4.79 Å². The van der Waals surface area contributed by atoms with Gasteiger partial charge in [0.2, 0.25) is 0 Å². The fourth-order valence-corrected chi connectivity index (χ4v) is 1.53. The van der Waals surface area contributed by atoms with E-state index in [0.717, 1.165) is 12.1 Å². The summed E-state index contributed by atoms with van der Waals surface area (Å²) in [4.78, 5) is 15.6. The van der Waals surface area contributed by atoms with Crippen molar-refractivity contribution in [1.29, 1.82) is 0 Å². The van der Waals surface area contributed by atoms with E-state index >= 15 is 0 Å². The topological polar surface area (TPSA) is 74.2 Å². The Morgan fingerprint density at radius 2 is 2.21 bits per heavy atom. The van der Waals surface area contributed by atoms with E-state index in [1.165, 1.54) is 6.20 Å². The molecule has 2 amide bonds. The lowest BCUT2D eigenvalue weighted by Gasteiger charge is -2.17. The minimum atomic E-state index is -0.524. The molecule has 0 bridgehead atoms. The molecule has 1 aromatic rings. The molecule has 1 aromatic heterocycles. The Hall–Kier alpha value is -1.33. The van der Waals surface area contributed by atoms with Crippen molar-refractivity contribution in [2.24, 2.45) is 5.92 Å². The third-order valence-corrected chi connectivity index (χ3v) is 3.21. The fraction of sp³-hybridized carbons (Fsp3) is 0.538. The molecule has 0 saturated heterocycles. The second-order valence-electron chi connectivity index (χ2n) is 4.48. The van der Waals surface area contributed by atoms with E-state index in [0.29, 0.717) is 11.6 Å². The lowest BCUT2D eigenvalue weighted by atomic mass is 10.0. The minimum Gasteiger partial charge on any atom is -0.391 e. The summed E-state index contributed by atoms with van der Waals surface area (Å²) in [6, 6.07) is 3.14. The number of amides is 2. The van der Waals surface area contributed by atoms with Crippen molar-refractivity contribution >= 4 is 17.6 Å². The zero-order valence-electron chi connectivity index (χ0n) is 11.2. The van der Waals surface area contributed by atoms with E-state index < -0.39 is 6.10 Å². The van der Waals surface area contributed by atoms with Crippen LogP contribution in [0.4, 0.5) is 4.79 Å². The van der Waals surface area contributed by atoms with Gasteiger partial charge >= 0.3 is 6.03 Å². The van der Waals surface area contributed by atoms with Crippen molar-refractivity contribution in [1.82, 2.24) is 15.6 Å². The summed E-state index contributed by atoms with van der Waals surface area (Å²) in [7, 11) is 0. The number of nitrogens with one attached hydrogen (secondary N) is 2. The van der Waals surface area contributed by atoms with Crippen molar-refractivity contribution in [3.8, 4) is 0 Å². The van der Waals surface area contributed by atoms with E-state index in [4.69, 9.17) is 11.6 Å². The van der Waals surface area contributed by atoms with Crippen LogP contribution in [0.2, 0.25) is 5.02 Å². The molecular formula is C13H20ClN3O2. The summed E-state index contributed by atoms with van der Waals surface area (Å²) >= 11 is 5.71. The van der Waals surface area contributed by atoms with Gasteiger partial charge in [-0.2, -0.15) is 0 Å². The summed E-state index contributed by atoms with van der Waals surface area (Å²) in [5.41, 5.74) is 0.724. The molecule has 0 saturated carbocycles. The van der Waals surface area contributed by atoms with Gasteiger partial charge in [0.1, 0.15) is 0 Å². The predicted octanol–water partition coefficient (Wildman–Crippen LogP) is 1.94. The number of hydrogen-bond donors (Lipinski definition) is 3. The van der Waals surface area contributed by atoms with Gasteiger partial charge in [0.05, 0.1) is 23.4 Å². The third kappa shape index (κ3) is 5.89. The van der Waals surface area contributed by atoms with Gasteiger partial charge in [-0.05, 0) is 18.1 Å². The Morgan fingerprint density at radius 3 is 2.79 bits per heavy atom. The molecular weight excluding hydrogens is 266 g/mol. The number of aliphatic hydroxyl groups is 1. The standard InChI is InChI=1S/C13H20ClN3O2/c1-3-9(2)12(18)8-17-13(19)16-7-11-5-4-10(14)6-15-11/h4-6,9,12,18H,3,7-8H2,1-2H3,(H2,16,17,19). The number of pyridine rings is 1. The number of nitrogens with zero attached hydrogens (tertiary/aromatic N) is 1. The van der Waals surface area contributed by atoms with Crippen molar-refractivity contribution < 1.29 is 9.90 Å². The monoisotopic (exact) mass is 285 g/mol. The number of halogens is 1. The average Bonchev–Trinajstić information content (AvgIpc) is 2.43. The molecule has 2 atom stereocenters. The molecule has 3 N–H and O–H groups in total. The zero-order chi connectivity index (χ0) is 14.3. The maximum Gasteiger partial charge on any atom is 0.315 e. The van der Waals surface area contributed by atoms with Crippen molar-refractivity contribution in [3.05, 3.63) is 29.0 Å². The number of rotatable bonds is 6. The van der Waals surface area contributed by atoms with Gasteiger partial charge in [0, 0.05) is 12.7 Å². The molecule has 0 aliphatic heterocycles. The molecule has 0 spiro atoms. The van der Waals surface area contributed by atoms with Crippen LogP contribution in [-0.2, 0) is 6.54 Å². The molecule has 5 nitrogen and oxygen atoms in total. The lowest BCUT2D eigenvalue weighted by Crippen LogP contribution is -2.41. The maximum atomic E-state index is 11.5. The molecule has 1 rings (SSSR count). The highest BCUT2D eigenvalue weighted by Gasteiger charge is 2.12. The molecule has 1 heterocycles. The van der Waals surface area contributed by atoms with Crippen LogP contribution < -0.4 is 10.6 Å². The van der Waals surface area contributed by atoms with Crippen LogP contribution in [0.3, 0.4) is 0 Å². The molecule has 6 heteroatoms. The average molecular weight is 286 g/mol. The van der Waals surface area contributed by atoms with Crippen LogP contribution in [0.15, 0.2) is 18.3 Å². The highest BCUT2D eigenvalue weighted by Crippen LogP contribution is 2.06. The number of carbonyl (C=O) groups excluding carboxylic acids is 1. The van der Waals surface area contributed by atoms with Gasteiger partial charge in [-0.15, -0.1) is 0 Å². The first-order valence-electron chi connectivity index (χ1n) is 6.33. The molecule has 0 aliphatic carbocycles. The second-order valence-corrected chi connectivity index (χ2v) is 4.92. The van der Waals surface area contributed by atoms with E-state index in [9.17, 15) is 9.90 Å². The summed E-state index contributed by atoms with van der Waals surface area (Å²) in [5.74, 6) is 0.165. The van der Waals surface area contributed by atoms with Gasteiger partial charge in [0.25, 0.3) is 0 Å². The van der Waals surface area contributed by atoms with E-state index in [1.54, 1.807) is 12.1 Å². The van der Waals surface area contributed by atoms with Crippen LogP contribution in [-0.4, -0.2) is 28.8 Å². The molecule has 0 aromatic carbocycles. The molecule has 19 heavy (non-hydrogen) atoms. The van der Waals surface area contributed by atoms with Crippen LogP contribution in [0, 0.1) is 5.92 Å². The van der Waals surface area contributed by atoms with Gasteiger partial charge in [-0.1, -0.05) is 31.9 Å². The molecule has 0 radical (unpaired) electrons. The summed E-state index contributed by atoms with van der Waals surface area (Å²) in [6.07, 6.45) is 1.88. The number of hydrogen-bond acceptors (Lipinski definition) is 3. The zero-order valence-corrected chi connectivity index (χ0v) is 11.9. The van der Waals surface area contributed by atoms with Crippen LogP contribution >= 0.6 is 11.6 Å². The highest BCUT2D eigenvalue weighted by molar-refractivity contribution is 6.30.